The molecule has 6 heteroatoms. The molecule has 2 aromatic carbocycles. The number of benzene rings is 2. The van der Waals surface area contributed by atoms with Crippen molar-refractivity contribution >= 4 is 23.1 Å². The molecule has 23 heavy (non-hydrogen) atoms. The van der Waals surface area contributed by atoms with Gasteiger partial charge in [-0.15, -0.1) is 0 Å². The molecule has 3 rings (SSSR count). The number of halogens is 1. The van der Waals surface area contributed by atoms with Crippen molar-refractivity contribution in [2.24, 2.45) is 16.5 Å². The Hall–Kier alpha value is -2.50. The summed E-state index contributed by atoms with van der Waals surface area (Å²) in [6, 6.07) is 15.1. The first-order chi connectivity index (χ1) is 11.0. The second kappa shape index (κ2) is 5.95. The molecule has 0 aliphatic carbocycles. The number of hydrogen-bond donors (Lipinski definition) is 3. The van der Waals surface area contributed by atoms with E-state index in [1.54, 1.807) is 25.3 Å². The van der Waals surface area contributed by atoms with Gasteiger partial charge >= 0.3 is 0 Å². The van der Waals surface area contributed by atoms with E-state index in [2.05, 4.69) is 10.3 Å². The summed E-state index contributed by atoms with van der Waals surface area (Å²) in [5, 5.41) is 3.69. The lowest BCUT2D eigenvalue weighted by Crippen LogP contribution is -2.51. The van der Waals surface area contributed by atoms with Gasteiger partial charge in [-0.3, -0.25) is 5.73 Å². The fraction of sp³-hybridized carbons (Fsp3) is 0.118. The smallest absolute Gasteiger partial charge is 0.211 e. The lowest BCUT2D eigenvalue weighted by atomic mass is 10.0. The van der Waals surface area contributed by atoms with E-state index in [0.29, 0.717) is 22.2 Å². The van der Waals surface area contributed by atoms with Crippen molar-refractivity contribution in [1.29, 1.82) is 0 Å². The van der Waals surface area contributed by atoms with Crippen molar-refractivity contribution in [2.45, 2.75) is 5.79 Å². The standard InChI is InChI=1S/C17H17ClN4O/c1-23-15-8-7-12(9-13(15)18)17(20)21-14(10-16(19)22-17)11-5-3-2-4-6-11/h2-10,21H,20H2,1H3,(H2,19,22). The maximum atomic E-state index is 6.44. The van der Waals surface area contributed by atoms with Gasteiger partial charge in [-0.1, -0.05) is 41.9 Å². The Morgan fingerprint density at radius 2 is 1.91 bits per heavy atom. The first-order valence-corrected chi connectivity index (χ1v) is 7.43. The van der Waals surface area contributed by atoms with Crippen LogP contribution in [0.15, 0.2) is 59.6 Å². The van der Waals surface area contributed by atoms with Crippen LogP contribution >= 0.6 is 11.6 Å². The third-order valence-electron chi connectivity index (χ3n) is 3.60. The maximum Gasteiger partial charge on any atom is 0.211 e. The van der Waals surface area contributed by atoms with E-state index in [1.165, 1.54) is 0 Å². The number of nitrogens with one attached hydrogen (secondary N) is 1. The average Bonchev–Trinajstić information content (AvgIpc) is 2.55. The predicted octanol–water partition coefficient (Wildman–Crippen LogP) is 2.42. The topological polar surface area (TPSA) is 85.7 Å². The second-order valence-corrected chi connectivity index (χ2v) is 5.61. The summed E-state index contributed by atoms with van der Waals surface area (Å²) in [5.74, 6) is -0.275. The van der Waals surface area contributed by atoms with Crippen molar-refractivity contribution < 1.29 is 4.74 Å². The molecule has 0 fully saturated rings. The van der Waals surface area contributed by atoms with Gasteiger partial charge < -0.3 is 15.8 Å². The number of nitrogens with zero attached hydrogens (tertiary/aromatic N) is 1. The summed E-state index contributed by atoms with van der Waals surface area (Å²) in [6.45, 7) is 0. The van der Waals surface area contributed by atoms with Crippen LogP contribution in [0.4, 0.5) is 0 Å². The Labute approximate surface area is 139 Å². The predicted molar refractivity (Wildman–Crippen MR) is 93.0 cm³/mol. The fourth-order valence-electron chi connectivity index (χ4n) is 2.47. The minimum Gasteiger partial charge on any atom is -0.495 e. The molecule has 1 unspecified atom stereocenters. The lowest BCUT2D eigenvalue weighted by molar-refractivity contribution is 0.407. The van der Waals surface area contributed by atoms with Gasteiger partial charge in [0.25, 0.3) is 0 Å². The van der Waals surface area contributed by atoms with Crippen molar-refractivity contribution in [2.75, 3.05) is 7.11 Å². The molecule has 0 bridgehead atoms. The van der Waals surface area contributed by atoms with E-state index in [9.17, 15) is 0 Å². The van der Waals surface area contributed by atoms with Crippen LogP contribution < -0.4 is 21.5 Å². The van der Waals surface area contributed by atoms with E-state index >= 15 is 0 Å². The third-order valence-corrected chi connectivity index (χ3v) is 3.89. The van der Waals surface area contributed by atoms with Crippen LogP contribution in [0.1, 0.15) is 11.1 Å². The SMILES string of the molecule is COc1ccc(C2(N)N=C(N)C=C(c3ccccc3)N2)cc1Cl. The summed E-state index contributed by atoms with van der Waals surface area (Å²) in [5.41, 5.74) is 14.9. The molecule has 0 saturated heterocycles. The van der Waals surface area contributed by atoms with Gasteiger partial charge in [-0.2, -0.15) is 0 Å². The number of ether oxygens (including phenoxy) is 1. The van der Waals surface area contributed by atoms with Crippen molar-refractivity contribution in [3.63, 3.8) is 0 Å². The van der Waals surface area contributed by atoms with E-state index in [0.717, 1.165) is 11.3 Å². The van der Waals surface area contributed by atoms with Crippen LogP contribution in [0.3, 0.4) is 0 Å². The Morgan fingerprint density at radius 1 is 1.17 bits per heavy atom. The highest BCUT2D eigenvalue weighted by Crippen LogP contribution is 2.31. The van der Waals surface area contributed by atoms with Crippen LogP contribution in [-0.2, 0) is 5.79 Å². The molecule has 5 N–H and O–H groups in total. The highest BCUT2D eigenvalue weighted by molar-refractivity contribution is 6.32. The molecule has 2 aromatic rings. The highest BCUT2D eigenvalue weighted by atomic mass is 35.5. The molecule has 0 saturated carbocycles. The maximum absolute atomic E-state index is 6.44. The Kier molecular flexibility index (Phi) is 3.98. The van der Waals surface area contributed by atoms with Crippen LogP contribution in [-0.4, -0.2) is 12.9 Å². The molecule has 0 aromatic heterocycles. The van der Waals surface area contributed by atoms with Crippen LogP contribution in [0, 0.1) is 0 Å². The zero-order chi connectivity index (χ0) is 16.4. The zero-order valence-electron chi connectivity index (χ0n) is 12.6. The quantitative estimate of drug-likeness (QED) is 0.807. The number of rotatable bonds is 3. The molecular weight excluding hydrogens is 312 g/mol. The van der Waals surface area contributed by atoms with E-state index < -0.39 is 5.79 Å². The Morgan fingerprint density at radius 3 is 2.57 bits per heavy atom. The lowest BCUT2D eigenvalue weighted by Gasteiger charge is -2.33. The van der Waals surface area contributed by atoms with E-state index in [-0.39, 0.29) is 0 Å². The van der Waals surface area contributed by atoms with Crippen molar-refractivity contribution in [3.8, 4) is 5.75 Å². The van der Waals surface area contributed by atoms with Gasteiger partial charge in [-0.25, -0.2) is 4.99 Å². The summed E-state index contributed by atoms with van der Waals surface area (Å²) in [4.78, 5) is 4.34. The van der Waals surface area contributed by atoms with Gasteiger partial charge in [-0.05, 0) is 23.8 Å². The summed E-state index contributed by atoms with van der Waals surface area (Å²) >= 11 is 6.20. The van der Waals surface area contributed by atoms with Crippen LogP contribution in [0.2, 0.25) is 5.02 Å². The number of aliphatic imine (C=N–C) groups is 1. The van der Waals surface area contributed by atoms with Crippen molar-refractivity contribution in [1.82, 2.24) is 5.32 Å². The van der Waals surface area contributed by atoms with Crippen LogP contribution in [0.25, 0.3) is 5.70 Å². The first kappa shape index (κ1) is 15.4. The van der Waals surface area contributed by atoms with Gasteiger partial charge in [0, 0.05) is 17.3 Å². The van der Waals surface area contributed by atoms with Crippen LogP contribution in [0.5, 0.6) is 5.75 Å². The van der Waals surface area contributed by atoms with Gasteiger partial charge in [0.15, 0.2) is 0 Å². The minimum absolute atomic E-state index is 0.344. The Bertz CT molecular complexity index is 788. The van der Waals surface area contributed by atoms with Gasteiger partial charge in [0.1, 0.15) is 11.6 Å². The molecular formula is C17H17ClN4O. The van der Waals surface area contributed by atoms with E-state index in [1.807, 2.05) is 36.4 Å². The Balaban J connectivity index is 2.00. The highest BCUT2D eigenvalue weighted by Gasteiger charge is 2.31. The monoisotopic (exact) mass is 328 g/mol. The van der Waals surface area contributed by atoms with Crippen molar-refractivity contribution in [3.05, 3.63) is 70.8 Å². The zero-order valence-corrected chi connectivity index (χ0v) is 13.3. The number of hydrogen-bond acceptors (Lipinski definition) is 5. The summed E-state index contributed by atoms with van der Waals surface area (Å²) in [6.07, 6.45) is 1.76. The molecule has 1 aliphatic heterocycles. The average molecular weight is 329 g/mol. The molecule has 0 radical (unpaired) electrons. The second-order valence-electron chi connectivity index (χ2n) is 5.20. The van der Waals surface area contributed by atoms with Gasteiger partial charge in [0.05, 0.1) is 12.1 Å². The fourth-order valence-corrected chi connectivity index (χ4v) is 2.72. The molecule has 0 amide bonds. The summed E-state index contributed by atoms with van der Waals surface area (Å²) in [7, 11) is 1.56. The van der Waals surface area contributed by atoms with Gasteiger partial charge in [0.2, 0.25) is 5.79 Å². The molecule has 1 heterocycles. The molecule has 5 nitrogen and oxygen atoms in total. The third kappa shape index (κ3) is 3.02. The number of amidine groups is 1. The molecule has 1 aliphatic rings. The number of nitrogens with two attached hydrogens (primary N) is 2. The molecule has 1 atom stereocenters. The molecule has 118 valence electrons. The largest absolute Gasteiger partial charge is 0.495 e. The first-order valence-electron chi connectivity index (χ1n) is 7.05. The minimum atomic E-state index is -1.19. The molecule has 0 spiro atoms. The van der Waals surface area contributed by atoms with E-state index in [4.69, 9.17) is 27.8 Å². The summed E-state index contributed by atoms with van der Waals surface area (Å²) < 4.78 is 5.17. The number of methoxy groups -OCH3 is 1. The normalized spacial score (nSPS) is 20.3.